The first-order valence-corrected chi connectivity index (χ1v) is 16.9. The van der Waals surface area contributed by atoms with Crippen molar-refractivity contribution in [2.45, 2.75) is 52.9 Å². The number of carboxylic acid groups (broad SMARTS) is 1. The summed E-state index contributed by atoms with van der Waals surface area (Å²) in [5.74, 6) is -0.557. The molecule has 58 heavy (non-hydrogen) atoms. The molecule has 326 valence electrons. The number of alkyl carbamates (subject to hydrolysis) is 1. The van der Waals surface area contributed by atoms with Crippen LogP contribution in [0, 0.1) is 11.8 Å². The smallest absolute Gasteiger partial charge is 0.490 e. The monoisotopic (exact) mass is 837 g/mol. The second kappa shape index (κ2) is 27.7. The lowest BCUT2D eigenvalue weighted by molar-refractivity contribution is -0.192. The number of alkyl halides is 3. The summed E-state index contributed by atoms with van der Waals surface area (Å²) in [4.78, 5) is 41.0. The Kier molecular flexibility index (Phi) is 27.0. The van der Waals surface area contributed by atoms with E-state index >= 15 is 0 Å². The Bertz CT molecular complexity index is 1740. The predicted molar refractivity (Wildman–Crippen MR) is 209 cm³/mol. The number of nitrogens with one attached hydrogen (secondary N) is 3. The molecule has 0 bridgehead atoms. The van der Waals surface area contributed by atoms with Crippen LogP contribution in [0.4, 0.5) is 48.2 Å². The van der Waals surface area contributed by atoms with E-state index < -0.39 is 24.3 Å². The van der Waals surface area contributed by atoms with Gasteiger partial charge in [-0.25, -0.2) is 19.4 Å². The fourth-order valence-electron chi connectivity index (χ4n) is 5.27. The van der Waals surface area contributed by atoms with Gasteiger partial charge in [-0.3, -0.25) is 14.1 Å². The van der Waals surface area contributed by atoms with Crippen LogP contribution in [0.25, 0.3) is 11.3 Å². The third-order valence-electron chi connectivity index (χ3n) is 7.40. The fraction of sp³-hybridized carbons (Fsp3) is 0.368. The van der Waals surface area contributed by atoms with Crippen LogP contribution in [0.2, 0.25) is 0 Å². The molecular weight excluding hydrogens is 784 g/mol. The van der Waals surface area contributed by atoms with Crippen LogP contribution in [0.1, 0.15) is 51.3 Å². The summed E-state index contributed by atoms with van der Waals surface area (Å²) in [6.07, 6.45) is -2.31. The van der Waals surface area contributed by atoms with E-state index in [0.717, 1.165) is 36.3 Å². The first kappa shape index (κ1) is 56.5. The SMILES string of the molecule is COc1cc(NC(=O)Nc2cccc(CNC(=O)OC(CCN(CC(C)C)CC(C)C)c3ccccc3)c2)ccc1-c1cnco1.F.F.F.O.O.O=C(O)C(F)(F)F. The summed E-state index contributed by atoms with van der Waals surface area (Å²) >= 11 is 0. The lowest BCUT2D eigenvalue weighted by Gasteiger charge is -2.28. The molecule has 0 spiro atoms. The largest absolute Gasteiger partial charge is 0.496 e. The highest BCUT2D eigenvalue weighted by molar-refractivity contribution is 6.00. The van der Waals surface area contributed by atoms with Gasteiger partial charge in [0.15, 0.2) is 12.2 Å². The Morgan fingerprint density at radius 2 is 1.45 bits per heavy atom. The topological polar surface area (TPSA) is 218 Å². The standard InChI is InChI=1S/C36H45N5O5.C2HF3O2.3FH.2H2O/c1-25(2)22-41(23-26(3)4)17-16-32(28-11-7-6-8-12-28)46-36(43)38-20-27-10-9-13-29(18-27)39-35(42)40-30-14-15-31(33(19-30)44-5)34-21-37-24-45-34;3-2(4,5)1(6)7;;;;;/h6-15,18-19,21,24-26,32H,16-17,20,22-23H2,1-5H3,(H,38,43)(H2,39,40,42);(H,6,7);3*1H;2*1H2. The molecule has 0 aliphatic carbocycles. The van der Waals surface area contributed by atoms with Gasteiger partial charge in [-0.1, -0.05) is 70.2 Å². The van der Waals surface area contributed by atoms with Crippen LogP contribution < -0.4 is 20.7 Å². The summed E-state index contributed by atoms with van der Waals surface area (Å²) in [6, 6.07) is 22.0. The van der Waals surface area contributed by atoms with Crippen LogP contribution in [0.15, 0.2) is 89.8 Å². The van der Waals surface area contributed by atoms with Gasteiger partial charge < -0.3 is 50.8 Å². The highest BCUT2D eigenvalue weighted by atomic mass is 19.4. The van der Waals surface area contributed by atoms with E-state index in [-0.39, 0.29) is 37.7 Å². The maximum Gasteiger partial charge on any atom is 0.490 e. The number of oxazole rings is 1. The van der Waals surface area contributed by atoms with Crippen molar-refractivity contribution in [3.63, 3.8) is 0 Å². The number of hydrogen-bond acceptors (Lipinski definition) is 8. The Hall–Kier alpha value is -5.86. The third-order valence-corrected chi connectivity index (χ3v) is 7.40. The normalized spacial score (nSPS) is 10.7. The molecule has 4 aromatic rings. The van der Waals surface area contributed by atoms with E-state index in [9.17, 15) is 22.8 Å². The Labute approximate surface area is 331 Å². The lowest BCUT2D eigenvalue weighted by Crippen LogP contribution is -2.34. The first-order valence-electron chi connectivity index (χ1n) is 16.9. The van der Waals surface area contributed by atoms with Crippen molar-refractivity contribution < 1.29 is 71.6 Å². The average molecular weight is 838 g/mol. The number of rotatable bonds is 15. The number of carbonyl (C=O) groups excluding carboxylic acids is 2. The van der Waals surface area contributed by atoms with Gasteiger partial charge in [-0.15, -0.1) is 0 Å². The summed E-state index contributed by atoms with van der Waals surface area (Å²) in [5, 5.41) is 15.7. The highest BCUT2D eigenvalue weighted by Gasteiger charge is 2.38. The number of hydrogen-bond donors (Lipinski definition) is 4. The van der Waals surface area contributed by atoms with Crippen LogP contribution in [-0.2, 0) is 16.1 Å². The molecule has 0 saturated carbocycles. The number of carboxylic acids is 1. The van der Waals surface area contributed by atoms with E-state index in [4.69, 9.17) is 23.8 Å². The Morgan fingerprint density at radius 1 is 0.862 bits per heavy atom. The highest BCUT2D eigenvalue weighted by Crippen LogP contribution is 2.32. The van der Waals surface area contributed by atoms with Crippen molar-refractivity contribution in [1.82, 2.24) is 15.2 Å². The summed E-state index contributed by atoms with van der Waals surface area (Å²) in [5.41, 5.74) is 3.62. The quantitative estimate of drug-likeness (QED) is 0.0875. The molecule has 0 aliphatic heterocycles. The zero-order chi connectivity index (χ0) is 39.0. The second-order valence-corrected chi connectivity index (χ2v) is 12.9. The van der Waals surface area contributed by atoms with Gasteiger partial charge >= 0.3 is 24.3 Å². The van der Waals surface area contributed by atoms with Gasteiger partial charge in [0.1, 0.15) is 11.9 Å². The molecule has 0 fully saturated rings. The Morgan fingerprint density at radius 3 is 1.97 bits per heavy atom. The van der Waals surface area contributed by atoms with Gasteiger partial charge in [0.2, 0.25) is 0 Å². The molecule has 1 atom stereocenters. The number of ether oxygens (including phenoxy) is 2. The van der Waals surface area contributed by atoms with Crippen LogP contribution in [-0.4, -0.2) is 77.0 Å². The Balaban J connectivity index is -0.00000231. The zero-order valence-corrected chi connectivity index (χ0v) is 32.5. The number of amides is 3. The van der Waals surface area contributed by atoms with Gasteiger partial charge in [-0.2, -0.15) is 13.2 Å². The minimum absolute atomic E-state index is 0. The second-order valence-electron chi connectivity index (χ2n) is 12.9. The lowest BCUT2D eigenvalue weighted by atomic mass is 10.1. The van der Waals surface area contributed by atoms with E-state index in [1.54, 1.807) is 43.6 Å². The maximum absolute atomic E-state index is 13.0. The summed E-state index contributed by atoms with van der Waals surface area (Å²) in [6.45, 7) is 12.0. The van der Waals surface area contributed by atoms with Crippen molar-refractivity contribution in [1.29, 1.82) is 0 Å². The zero-order valence-electron chi connectivity index (χ0n) is 32.5. The molecule has 0 radical (unpaired) electrons. The predicted octanol–water partition coefficient (Wildman–Crippen LogP) is 7.41. The minimum atomic E-state index is -5.08. The van der Waals surface area contributed by atoms with E-state index in [1.807, 2.05) is 42.5 Å². The number of nitrogens with zero attached hydrogens (tertiary/aromatic N) is 2. The number of aliphatic carboxylic acids is 1. The minimum Gasteiger partial charge on any atom is -0.496 e. The number of halogens is 6. The van der Waals surface area contributed by atoms with Crippen molar-refractivity contribution in [2.24, 2.45) is 11.8 Å². The van der Waals surface area contributed by atoms with Gasteiger partial charge in [-0.05, 0) is 47.2 Å². The molecule has 3 amide bonds. The number of urea groups is 1. The molecule has 3 aromatic carbocycles. The number of benzene rings is 3. The van der Waals surface area contributed by atoms with Gasteiger partial charge in [0, 0.05) is 50.0 Å². The third kappa shape index (κ3) is 19.8. The molecular formula is C38H53F6N5O9. The number of aromatic nitrogens is 1. The van der Waals surface area contributed by atoms with Gasteiger partial charge in [0.05, 0.1) is 18.9 Å². The average Bonchev–Trinajstić information content (AvgIpc) is 3.64. The number of methoxy groups -OCH3 is 1. The van der Waals surface area contributed by atoms with Crippen molar-refractivity contribution >= 4 is 29.5 Å². The van der Waals surface area contributed by atoms with Crippen molar-refractivity contribution in [3.8, 4) is 17.1 Å². The van der Waals surface area contributed by atoms with E-state index in [2.05, 4.69) is 53.5 Å². The molecule has 1 unspecified atom stereocenters. The molecule has 20 heteroatoms. The molecule has 14 nitrogen and oxygen atoms in total. The number of anilines is 2. The molecule has 1 aromatic heterocycles. The summed E-state index contributed by atoms with van der Waals surface area (Å²) < 4.78 is 48.5. The maximum atomic E-state index is 13.0. The molecule has 1 heterocycles. The van der Waals surface area contributed by atoms with E-state index in [0.29, 0.717) is 41.1 Å². The van der Waals surface area contributed by atoms with Crippen LogP contribution in [0.3, 0.4) is 0 Å². The van der Waals surface area contributed by atoms with Crippen molar-refractivity contribution in [2.75, 3.05) is 37.4 Å². The fourth-order valence-corrected chi connectivity index (χ4v) is 5.27. The molecule has 0 saturated heterocycles. The van der Waals surface area contributed by atoms with Gasteiger partial charge in [0.25, 0.3) is 0 Å². The van der Waals surface area contributed by atoms with Crippen LogP contribution in [0.5, 0.6) is 5.75 Å². The summed E-state index contributed by atoms with van der Waals surface area (Å²) in [7, 11) is 1.55. The van der Waals surface area contributed by atoms with E-state index in [1.165, 1.54) is 6.39 Å². The van der Waals surface area contributed by atoms with Crippen molar-refractivity contribution in [3.05, 3.63) is 96.5 Å². The molecule has 4 rings (SSSR count). The molecule has 0 aliphatic rings. The first-order chi connectivity index (χ1) is 25.1. The number of carbonyl (C=O) groups is 3. The van der Waals surface area contributed by atoms with Crippen LogP contribution >= 0.6 is 0 Å². The molecule has 8 N–H and O–H groups in total.